The molecule has 1 rings (SSSR count). The van der Waals surface area contributed by atoms with Gasteiger partial charge in [0.2, 0.25) is 5.91 Å². The van der Waals surface area contributed by atoms with Gasteiger partial charge >= 0.3 is 0 Å². The first kappa shape index (κ1) is 14.4. The van der Waals surface area contributed by atoms with Crippen LogP contribution in [0.4, 0.5) is 5.69 Å². The van der Waals surface area contributed by atoms with Gasteiger partial charge in [0, 0.05) is 25.0 Å². The lowest BCUT2D eigenvalue weighted by Crippen LogP contribution is -2.36. The molecule has 0 saturated carbocycles. The Morgan fingerprint density at radius 1 is 1.56 bits per heavy atom. The third kappa shape index (κ3) is 5.63. The molecule has 1 amide bonds. The second-order valence-electron chi connectivity index (χ2n) is 4.95. The van der Waals surface area contributed by atoms with Gasteiger partial charge in [0.1, 0.15) is 0 Å². The molecule has 1 heterocycles. The van der Waals surface area contributed by atoms with E-state index < -0.39 is 0 Å². The molecular formula is C13H22N4O. The van der Waals surface area contributed by atoms with Crippen LogP contribution in [0.2, 0.25) is 0 Å². The van der Waals surface area contributed by atoms with Crippen LogP contribution in [0.5, 0.6) is 0 Å². The zero-order chi connectivity index (χ0) is 13.5. The first-order valence-corrected chi connectivity index (χ1v) is 6.13. The summed E-state index contributed by atoms with van der Waals surface area (Å²) < 4.78 is 0. The lowest BCUT2D eigenvalue weighted by atomic mass is 10.2. The standard InChI is InChI=1S/C13H22N4O/c1-10(2)7-16-13(18)9-17(3)8-12-6-11(14)4-5-15-12/h4-6,10H,7-9H2,1-3H3,(H2,14,15)(H,16,18). The molecule has 0 aliphatic carbocycles. The van der Waals surface area contributed by atoms with Gasteiger partial charge in [-0.2, -0.15) is 0 Å². The first-order chi connectivity index (χ1) is 8.47. The van der Waals surface area contributed by atoms with Crippen molar-refractivity contribution in [2.75, 3.05) is 25.9 Å². The molecule has 18 heavy (non-hydrogen) atoms. The van der Waals surface area contributed by atoms with Gasteiger partial charge in [-0.25, -0.2) is 0 Å². The molecule has 0 radical (unpaired) electrons. The maximum atomic E-state index is 11.6. The Hall–Kier alpha value is -1.62. The van der Waals surface area contributed by atoms with E-state index in [4.69, 9.17) is 5.73 Å². The van der Waals surface area contributed by atoms with Crippen LogP contribution in [0.25, 0.3) is 0 Å². The number of amides is 1. The summed E-state index contributed by atoms with van der Waals surface area (Å²) in [5.41, 5.74) is 7.24. The smallest absolute Gasteiger partial charge is 0.234 e. The molecule has 5 heteroatoms. The van der Waals surface area contributed by atoms with Gasteiger partial charge in [0.05, 0.1) is 12.2 Å². The SMILES string of the molecule is CC(C)CNC(=O)CN(C)Cc1cc(N)ccn1. The molecule has 0 aromatic carbocycles. The van der Waals surface area contributed by atoms with Crippen molar-refractivity contribution in [3.8, 4) is 0 Å². The summed E-state index contributed by atoms with van der Waals surface area (Å²) in [6.07, 6.45) is 1.68. The number of hydrogen-bond donors (Lipinski definition) is 2. The Morgan fingerprint density at radius 3 is 2.89 bits per heavy atom. The van der Waals surface area contributed by atoms with Crippen molar-refractivity contribution in [3.63, 3.8) is 0 Å². The minimum atomic E-state index is 0.0371. The summed E-state index contributed by atoms with van der Waals surface area (Å²) >= 11 is 0. The van der Waals surface area contributed by atoms with Crippen molar-refractivity contribution in [3.05, 3.63) is 24.0 Å². The Morgan fingerprint density at radius 2 is 2.28 bits per heavy atom. The predicted molar refractivity (Wildman–Crippen MR) is 72.8 cm³/mol. The van der Waals surface area contributed by atoms with Crippen LogP contribution in [-0.4, -0.2) is 35.9 Å². The van der Waals surface area contributed by atoms with E-state index in [-0.39, 0.29) is 5.91 Å². The van der Waals surface area contributed by atoms with E-state index in [9.17, 15) is 4.79 Å². The van der Waals surface area contributed by atoms with Gasteiger partial charge in [-0.15, -0.1) is 0 Å². The molecule has 0 saturated heterocycles. The largest absolute Gasteiger partial charge is 0.399 e. The number of nitrogen functional groups attached to an aromatic ring is 1. The van der Waals surface area contributed by atoms with Crippen LogP contribution in [0.15, 0.2) is 18.3 Å². The zero-order valence-electron chi connectivity index (χ0n) is 11.3. The Labute approximate surface area is 108 Å². The molecule has 0 fully saturated rings. The van der Waals surface area contributed by atoms with E-state index in [1.807, 2.05) is 18.0 Å². The van der Waals surface area contributed by atoms with Crippen molar-refractivity contribution >= 4 is 11.6 Å². The number of nitrogens with two attached hydrogens (primary N) is 1. The molecular weight excluding hydrogens is 228 g/mol. The second-order valence-corrected chi connectivity index (χ2v) is 4.95. The minimum Gasteiger partial charge on any atom is -0.399 e. The van der Waals surface area contributed by atoms with E-state index >= 15 is 0 Å². The van der Waals surface area contributed by atoms with Crippen LogP contribution in [-0.2, 0) is 11.3 Å². The number of nitrogens with zero attached hydrogens (tertiary/aromatic N) is 2. The number of anilines is 1. The average Bonchev–Trinajstić information content (AvgIpc) is 2.26. The molecule has 0 aliphatic heterocycles. The number of hydrogen-bond acceptors (Lipinski definition) is 4. The number of likely N-dealkylation sites (N-methyl/N-ethyl adjacent to an activating group) is 1. The number of nitrogens with one attached hydrogen (secondary N) is 1. The number of rotatable bonds is 6. The normalized spacial score (nSPS) is 10.9. The van der Waals surface area contributed by atoms with Gasteiger partial charge in [-0.3, -0.25) is 14.7 Å². The van der Waals surface area contributed by atoms with E-state index in [1.54, 1.807) is 12.3 Å². The van der Waals surface area contributed by atoms with Gasteiger partial charge in [0.15, 0.2) is 0 Å². The van der Waals surface area contributed by atoms with Gasteiger partial charge in [0.25, 0.3) is 0 Å². The maximum absolute atomic E-state index is 11.6. The van der Waals surface area contributed by atoms with E-state index in [1.165, 1.54) is 0 Å². The summed E-state index contributed by atoms with van der Waals surface area (Å²) in [7, 11) is 1.89. The molecule has 100 valence electrons. The van der Waals surface area contributed by atoms with Crippen LogP contribution in [0.1, 0.15) is 19.5 Å². The summed E-state index contributed by atoms with van der Waals surface area (Å²) in [5.74, 6) is 0.505. The molecule has 0 aliphatic rings. The molecule has 0 atom stereocenters. The fraction of sp³-hybridized carbons (Fsp3) is 0.538. The highest BCUT2D eigenvalue weighted by Gasteiger charge is 2.08. The van der Waals surface area contributed by atoms with Crippen LogP contribution >= 0.6 is 0 Å². The number of pyridine rings is 1. The number of aromatic nitrogens is 1. The third-order valence-corrected chi connectivity index (χ3v) is 2.39. The second kappa shape index (κ2) is 6.96. The lowest BCUT2D eigenvalue weighted by molar-refractivity contribution is -0.122. The van der Waals surface area contributed by atoms with E-state index in [0.29, 0.717) is 31.2 Å². The molecule has 0 bridgehead atoms. The van der Waals surface area contributed by atoms with Crippen LogP contribution < -0.4 is 11.1 Å². The van der Waals surface area contributed by atoms with Crippen LogP contribution in [0.3, 0.4) is 0 Å². The molecule has 0 spiro atoms. The summed E-state index contributed by atoms with van der Waals surface area (Å²) in [4.78, 5) is 17.7. The van der Waals surface area contributed by atoms with Gasteiger partial charge in [-0.1, -0.05) is 13.8 Å². The Balaban J connectivity index is 2.37. The first-order valence-electron chi connectivity index (χ1n) is 6.13. The monoisotopic (exact) mass is 250 g/mol. The Kier molecular flexibility index (Phi) is 5.58. The highest BCUT2D eigenvalue weighted by atomic mass is 16.2. The van der Waals surface area contributed by atoms with Crippen molar-refractivity contribution in [2.45, 2.75) is 20.4 Å². The zero-order valence-corrected chi connectivity index (χ0v) is 11.3. The molecule has 1 aromatic heterocycles. The third-order valence-electron chi connectivity index (χ3n) is 2.39. The fourth-order valence-corrected chi connectivity index (χ4v) is 1.53. The highest BCUT2D eigenvalue weighted by Crippen LogP contribution is 2.04. The maximum Gasteiger partial charge on any atom is 0.234 e. The van der Waals surface area contributed by atoms with Gasteiger partial charge < -0.3 is 11.1 Å². The van der Waals surface area contributed by atoms with Crippen molar-refractivity contribution in [1.29, 1.82) is 0 Å². The lowest BCUT2D eigenvalue weighted by Gasteiger charge is -2.16. The van der Waals surface area contributed by atoms with Gasteiger partial charge in [-0.05, 0) is 25.1 Å². The van der Waals surface area contributed by atoms with Crippen molar-refractivity contribution < 1.29 is 4.79 Å². The highest BCUT2D eigenvalue weighted by molar-refractivity contribution is 5.77. The minimum absolute atomic E-state index is 0.0371. The van der Waals surface area contributed by atoms with Crippen molar-refractivity contribution in [2.24, 2.45) is 5.92 Å². The van der Waals surface area contributed by atoms with Crippen molar-refractivity contribution in [1.82, 2.24) is 15.2 Å². The summed E-state index contributed by atoms with van der Waals surface area (Å²) in [5, 5.41) is 2.88. The molecule has 5 nitrogen and oxygen atoms in total. The van der Waals surface area contributed by atoms with E-state index in [0.717, 1.165) is 5.69 Å². The van der Waals surface area contributed by atoms with E-state index in [2.05, 4.69) is 24.1 Å². The summed E-state index contributed by atoms with van der Waals surface area (Å²) in [6, 6.07) is 3.57. The molecule has 0 unspecified atom stereocenters. The Bertz CT molecular complexity index is 392. The number of carbonyl (C=O) groups excluding carboxylic acids is 1. The molecule has 3 N–H and O–H groups in total. The fourth-order valence-electron chi connectivity index (χ4n) is 1.53. The number of carbonyl (C=O) groups is 1. The average molecular weight is 250 g/mol. The predicted octanol–water partition coefficient (Wildman–Crippen LogP) is 0.868. The molecule has 1 aromatic rings. The summed E-state index contributed by atoms with van der Waals surface area (Å²) in [6.45, 7) is 5.83. The topological polar surface area (TPSA) is 71.2 Å². The quantitative estimate of drug-likeness (QED) is 0.786. The van der Waals surface area contributed by atoms with Crippen LogP contribution in [0, 0.1) is 5.92 Å².